The monoisotopic (exact) mass is 454 g/mol. The highest BCUT2D eigenvalue weighted by Crippen LogP contribution is 2.24. The Labute approximate surface area is 200 Å². The Hall–Kier alpha value is -3.73. The van der Waals surface area contributed by atoms with Crippen LogP contribution in [0.4, 0.5) is 11.4 Å². The van der Waals surface area contributed by atoms with Crippen LogP contribution in [0.2, 0.25) is 0 Å². The predicted octanol–water partition coefficient (Wildman–Crippen LogP) is 3.98. The number of nitriles is 1. The average Bonchev–Trinajstić information content (AvgIpc) is 2.87. The van der Waals surface area contributed by atoms with Gasteiger partial charge < -0.3 is 16.0 Å². The molecular formula is C27H30N6O. The van der Waals surface area contributed by atoms with Gasteiger partial charge >= 0.3 is 0 Å². The number of nitrogens with zero attached hydrogens (tertiary/aromatic N) is 4. The molecule has 1 aromatic heterocycles. The molecule has 7 heteroatoms. The second kappa shape index (κ2) is 10.9. The summed E-state index contributed by atoms with van der Waals surface area (Å²) >= 11 is 0. The number of benzene rings is 2. The largest absolute Gasteiger partial charge is 0.397 e. The van der Waals surface area contributed by atoms with Crippen molar-refractivity contribution in [1.82, 2.24) is 14.8 Å². The van der Waals surface area contributed by atoms with Gasteiger partial charge in [0.25, 0.3) is 5.91 Å². The maximum atomic E-state index is 12.6. The Morgan fingerprint density at radius 2 is 1.79 bits per heavy atom. The van der Waals surface area contributed by atoms with Gasteiger partial charge in [0.05, 0.1) is 22.6 Å². The fourth-order valence-corrected chi connectivity index (χ4v) is 4.24. The number of pyridine rings is 1. The van der Waals surface area contributed by atoms with Gasteiger partial charge in [-0.25, -0.2) is 0 Å². The summed E-state index contributed by atoms with van der Waals surface area (Å²) in [6, 6.07) is 18.5. The van der Waals surface area contributed by atoms with Crippen molar-refractivity contribution in [2.75, 3.05) is 43.8 Å². The van der Waals surface area contributed by atoms with Crippen LogP contribution in [0.1, 0.15) is 34.8 Å². The van der Waals surface area contributed by atoms with Gasteiger partial charge in [-0.1, -0.05) is 31.2 Å². The van der Waals surface area contributed by atoms with E-state index in [0.29, 0.717) is 28.2 Å². The summed E-state index contributed by atoms with van der Waals surface area (Å²) in [5.74, 6) is -0.243. The molecule has 1 fully saturated rings. The van der Waals surface area contributed by atoms with Crippen LogP contribution in [-0.2, 0) is 6.54 Å². The number of carbonyl (C=O) groups excluding carboxylic acids is 1. The molecule has 1 amide bonds. The van der Waals surface area contributed by atoms with Gasteiger partial charge in [-0.3, -0.25) is 14.7 Å². The van der Waals surface area contributed by atoms with E-state index in [1.807, 2.05) is 36.5 Å². The van der Waals surface area contributed by atoms with E-state index in [0.717, 1.165) is 50.4 Å². The second-order valence-electron chi connectivity index (χ2n) is 8.59. The Morgan fingerprint density at radius 3 is 2.47 bits per heavy atom. The lowest BCUT2D eigenvalue weighted by molar-refractivity contribution is 0.102. The molecule has 0 spiro atoms. The summed E-state index contributed by atoms with van der Waals surface area (Å²) in [4.78, 5) is 22.1. The maximum Gasteiger partial charge on any atom is 0.255 e. The molecule has 0 atom stereocenters. The lowest BCUT2D eigenvalue weighted by Gasteiger charge is -2.34. The van der Waals surface area contributed by atoms with Gasteiger partial charge in [-0.05, 0) is 48.9 Å². The Balaban J connectivity index is 1.43. The number of anilines is 2. The minimum Gasteiger partial charge on any atom is -0.397 e. The normalized spacial score (nSPS) is 14.5. The van der Waals surface area contributed by atoms with E-state index in [1.165, 1.54) is 6.42 Å². The summed E-state index contributed by atoms with van der Waals surface area (Å²) in [7, 11) is 0. The van der Waals surface area contributed by atoms with E-state index >= 15 is 0 Å². The molecule has 1 saturated heterocycles. The fourth-order valence-electron chi connectivity index (χ4n) is 4.24. The van der Waals surface area contributed by atoms with Crippen LogP contribution in [0.15, 0.2) is 60.8 Å². The summed E-state index contributed by atoms with van der Waals surface area (Å²) < 4.78 is 0. The van der Waals surface area contributed by atoms with Crippen LogP contribution in [0.5, 0.6) is 0 Å². The number of piperazine rings is 1. The summed E-state index contributed by atoms with van der Waals surface area (Å²) in [5, 5.41) is 12.6. The minimum absolute atomic E-state index is 0.243. The third kappa shape index (κ3) is 5.60. The Kier molecular flexibility index (Phi) is 7.53. The van der Waals surface area contributed by atoms with Crippen LogP contribution in [-0.4, -0.2) is 53.4 Å². The van der Waals surface area contributed by atoms with Crippen LogP contribution in [0.3, 0.4) is 0 Å². The van der Waals surface area contributed by atoms with E-state index in [2.05, 4.69) is 33.1 Å². The fraction of sp³-hybridized carbons (Fsp3) is 0.296. The molecule has 0 bridgehead atoms. The molecule has 0 aliphatic carbocycles. The average molecular weight is 455 g/mol. The standard InChI is InChI=1S/C27H30N6O/c1-2-11-32-12-14-33(15-13-32)19-20-16-23(17-28)26(30-18-20)21-7-9-22(10-8-21)27(34)31-25-6-4-3-5-24(25)29/h3-10,16,18H,2,11-15,19,29H2,1H3,(H,31,34). The number of rotatable bonds is 7. The highest BCUT2D eigenvalue weighted by molar-refractivity contribution is 6.05. The van der Waals surface area contributed by atoms with Gasteiger partial charge in [0.2, 0.25) is 0 Å². The Bertz CT molecular complexity index is 1180. The molecule has 3 N–H and O–H groups in total. The lowest BCUT2D eigenvalue weighted by Crippen LogP contribution is -2.45. The van der Waals surface area contributed by atoms with Crippen LogP contribution < -0.4 is 11.1 Å². The zero-order valence-electron chi connectivity index (χ0n) is 19.5. The smallest absolute Gasteiger partial charge is 0.255 e. The van der Waals surface area contributed by atoms with Crippen molar-refractivity contribution >= 4 is 17.3 Å². The van der Waals surface area contributed by atoms with Crippen molar-refractivity contribution in [1.29, 1.82) is 5.26 Å². The van der Waals surface area contributed by atoms with E-state index in [1.54, 1.807) is 24.3 Å². The number of amides is 1. The van der Waals surface area contributed by atoms with Crippen LogP contribution in [0.25, 0.3) is 11.3 Å². The van der Waals surface area contributed by atoms with Crippen molar-refractivity contribution in [2.24, 2.45) is 0 Å². The number of nitrogens with two attached hydrogens (primary N) is 1. The quantitative estimate of drug-likeness (QED) is 0.524. The van der Waals surface area contributed by atoms with E-state index in [-0.39, 0.29) is 5.91 Å². The maximum absolute atomic E-state index is 12.6. The number of nitrogens with one attached hydrogen (secondary N) is 1. The molecular weight excluding hydrogens is 424 g/mol. The van der Waals surface area contributed by atoms with Gasteiger partial charge in [-0.15, -0.1) is 0 Å². The Morgan fingerprint density at radius 1 is 1.09 bits per heavy atom. The lowest BCUT2D eigenvalue weighted by atomic mass is 10.0. The van der Waals surface area contributed by atoms with Gasteiger partial charge in [0.1, 0.15) is 6.07 Å². The molecule has 174 valence electrons. The first-order valence-corrected chi connectivity index (χ1v) is 11.7. The highest BCUT2D eigenvalue weighted by Gasteiger charge is 2.17. The number of aromatic nitrogens is 1. The first-order chi connectivity index (χ1) is 16.6. The minimum atomic E-state index is -0.243. The first-order valence-electron chi connectivity index (χ1n) is 11.7. The van der Waals surface area contributed by atoms with E-state index in [4.69, 9.17) is 5.73 Å². The topological polar surface area (TPSA) is 98.3 Å². The number of para-hydroxylation sites is 2. The first kappa shape index (κ1) is 23.4. The van der Waals surface area contributed by atoms with Crippen molar-refractivity contribution < 1.29 is 4.79 Å². The molecule has 4 rings (SSSR count). The molecule has 1 aliphatic rings. The molecule has 3 aromatic rings. The summed E-state index contributed by atoms with van der Waals surface area (Å²) in [5.41, 5.74) is 10.5. The second-order valence-corrected chi connectivity index (χ2v) is 8.59. The van der Waals surface area contributed by atoms with Crippen molar-refractivity contribution in [3.63, 3.8) is 0 Å². The summed E-state index contributed by atoms with van der Waals surface area (Å²) in [6.07, 6.45) is 3.04. The third-order valence-electron chi connectivity index (χ3n) is 6.11. The molecule has 0 saturated carbocycles. The van der Waals surface area contributed by atoms with Crippen LogP contribution in [0, 0.1) is 11.3 Å². The van der Waals surface area contributed by atoms with Gasteiger partial charge in [0.15, 0.2) is 0 Å². The summed E-state index contributed by atoms with van der Waals surface area (Å²) in [6.45, 7) is 8.39. The van der Waals surface area contributed by atoms with Crippen molar-refractivity contribution in [2.45, 2.75) is 19.9 Å². The molecule has 34 heavy (non-hydrogen) atoms. The molecule has 7 nitrogen and oxygen atoms in total. The molecule has 0 unspecified atom stereocenters. The SMILES string of the molecule is CCCN1CCN(Cc2cnc(-c3ccc(C(=O)Nc4ccccc4N)cc3)c(C#N)c2)CC1. The van der Waals surface area contributed by atoms with Crippen LogP contribution >= 0.6 is 0 Å². The highest BCUT2D eigenvalue weighted by atomic mass is 16.1. The third-order valence-corrected chi connectivity index (χ3v) is 6.11. The molecule has 2 heterocycles. The zero-order valence-corrected chi connectivity index (χ0v) is 19.5. The van der Waals surface area contributed by atoms with E-state index < -0.39 is 0 Å². The molecule has 2 aromatic carbocycles. The molecule has 0 radical (unpaired) electrons. The number of carbonyl (C=O) groups is 1. The predicted molar refractivity (Wildman–Crippen MR) is 135 cm³/mol. The number of hydrogen-bond donors (Lipinski definition) is 2. The number of nitrogen functional groups attached to an aromatic ring is 1. The zero-order chi connectivity index (χ0) is 23.9. The molecule has 1 aliphatic heterocycles. The van der Waals surface area contributed by atoms with E-state index in [9.17, 15) is 10.1 Å². The van der Waals surface area contributed by atoms with Crippen molar-refractivity contribution in [3.05, 3.63) is 77.5 Å². The van der Waals surface area contributed by atoms with Gasteiger partial charge in [0, 0.05) is 50.0 Å². The number of hydrogen-bond acceptors (Lipinski definition) is 6. The van der Waals surface area contributed by atoms with Gasteiger partial charge in [-0.2, -0.15) is 5.26 Å². The van der Waals surface area contributed by atoms with Crippen molar-refractivity contribution in [3.8, 4) is 17.3 Å².